The fourth-order valence-electron chi connectivity index (χ4n) is 1.82. The molecule has 0 aromatic heterocycles. The predicted octanol–water partition coefficient (Wildman–Crippen LogP) is 2.58. The Morgan fingerprint density at radius 2 is 1.80 bits per heavy atom. The lowest BCUT2D eigenvalue weighted by molar-refractivity contribution is 0.368. The summed E-state index contributed by atoms with van der Waals surface area (Å²) in [4.78, 5) is 0. The maximum absolute atomic E-state index is 9.64. The quantitative estimate of drug-likeness (QED) is 0.845. The smallest absolute Gasteiger partial charge is 0.174 e. The number of para-hydroxylation sites is 1. The molecule has 0 atom stereocenters. The van der Waals surface area contributed by atoms with Gasteiger partial charge in [0.15, 0.2) is 6.61 Å². The van der Waals surface area contributed by atoms with Crippen molar-refractivity contribution in [3.8, 4) is 17.6 Å². The number of rotatable bonds is 6. The number of nitrogens with one attached hydrogen (secondary N) is 1. The highest BCUT2D eigenvalue weighted by atomic mass is 16.5. The summed E-state index contributed by atoms with van der Waals surface area (Å²) in [5.74, 6) is 0.997. The lowest BCUT2D eigenvalue weighted by Crippen LogP contribution is -2.12. The van der Waals surface area contributed by atoms with Crippen molar-refractivity contribution in [1.29, 1.82) is 5.26 Å². The lowest BCUT2D eigenvalue weighted by Gasteiger charge is -2.07. The average Bonchev–Trinajstić information content (AvgIpc) is 2.48. The summed E-state index contributed by atoms with van der Waals surface area (Å²) in [5, 5.41) is 21.3. The number of phenols is 1. The van der Waals surface area contributed by atoms with Crippen LogP contribution in [-0.4, -0.2) is 11.7 Å². The number of hydrogen-bond acceptors (Lipinski definition) is 4. The van der Waals surface area contributed by atoms with Gasteiger partial charge in [-0.25, -0.2) is 0 Å². The number of ether oxygens (including phenoxy) is 1. The normalized spacial score (nSPS) is 9.95. The Labute approximate surface area is 118 Å². The molecule has 2 rings (SSSR count). The van der Waals surface area contributed by atoms with E-state index in [1.807, 2.05) is 42.5 Å². The first-order chi connectivity index (χ1) is 9.79. The van der Waals surface area contributed by atoms with Crippen molar-refractivity contribution < 1.29 is 9.84 Å². The van der Waals surface area contributed by atoms with Crippen LogP contribution in [0.4, 0.5) is 0 Å². The fraction of sp³-hybridized carbons (Fsp3) is 0.188. The van der Waals surface area contributed by atoms with E-state index in [4.69, 9.17) is 10.00 Å². The molecule has 0 aliphatic carbocycles. The molecule has 0 saturated carbocycles. The van der Waals surface area contributed by atoms with Crippen LogP contribution in [0.5, 0.6) is 11.5 Å². The van der Waals surface area contributed by atoms with Gasteiger partial charge >= 0.3 is 0 Å². The van der Waals surface area contributed by atoms with E-state index in [0.717, 1.165) is 11.1 Å². The third-order valence-electron chi connectivity index (χ3n) is 2.86. The van der Waals surface area contributed by atoms with Gasteiger partial charge in [-0.3, -0.25) is 0 Å². The summed E-state index contributed by atoms with van der Waals surface area (Å²) < 4.78 is 5.19. The van der Waals surface area contributed by atoms with Crippen LogP contribution >= 0.6 is 0 Å². The maximum Gasteiger partial charge on any atom is 0.174 e. The fourth-order valence-corrected chi connectivity index (χ4v) is 1.82. The molecular formula is C16H16N2O2. The molecule has 0 saturated heterocycles. The summed E-state index contributed by atoms with van der Waals surface area (Å²) >= 11 is 0. The molecule has 102 valence electrons. The van der Waals surface area contributed by atoms with Crippen LogP contribution in [0.2, 0.25) is 0 Å². The number of benzene rings is 2. The zero-order valence-electron chi connectivity index (χ0n) is 11.0. The molecule has 0 amide bonds. The highest BCUT2D eigenvalue weighted by Gasteiger charge is 1.99. The Morgan fingerprint density at radius 3 is 2.50 bits per heavy atom. The lowest BCUT2D eigenvalue weighted by atomic mass is 10.2. The summed E-state index contributed by atoms with van der Waals surface area (Å²) in [6.45, 7) is 1.37. The number of nitriles is 1. The monoisotopic (exact) mass is 268 g/mol. The third kappa shape index (κ3) is 4.01. The predicted molar refractivity (Wildman–Crippen MR) is 76.2 cm³/mol. The maximum atomic E-state index is 9.64. The van der Waals surface area contributed by atoms with Gasteiger partial charge in [-0.15, -0.1) is 0 Å². The highest BCUT2D eigenvalue weighted by molar-refractivity contribution is 5.32. The molecule has 2 N–H and O–H groups in total. The van der Waals surface area contributed by atoms with Crippen molar-refractivity contribution in [1.82, 2.24) is 5.32 Å². The standard InChI is InChI=1S/C16H16N2O2/c17-9-10-20-15-7-5-13(6-8-15)11-18-12-14-3-1-2-4-16(14)19/h1-8,18-19H,10-12H2. The molecule has 4 heteroatoms. The van der Waals surface area contributed by atoms with E-state index in [9.17, 15) is 5.11 Å². The van der Waals surface area contributed by atoms with Crippen LogP contribution in [0.25, 0.3) is 0 Å². The first-order valence-electron chi connectivity index (χ1n) is 6.36. The average molecular weight is 268 g/mol. The second kappa shape index (κ2) is 7.17. The first-order valence-corrected chi connectivity index (χ1v) is 6.36. The minimum atomic E-state index is 0.0604. The highest BCUT2D eigenvalue weighted by Crippen LogP contribution is 2.15. The Hall–Kier alpha value is -2.51. The molecule has 0 aliphatic heterocycles. The number of aromatic hydroxyl groups is 1. The molecule has 4 nitrogen and oxygen atoms in total. The van der Waals surface area contributed by atoms with E-state index in [1.165, 1.54) is 0 Å². The van der Waals surface area contributed by atoms with E-state index < -0.39 is 0 Å². The van der Waals surface area contributed by atoms with Gasteiger partial charge in [0, 0.05) is 18.7 Å². The van der Waals surface area contributed by atoms with E-state index in [-0.39, 0.29) is 6.61 Å². The van der Waals surface area contributed by atoms with Crippen molar-refractivity contribution in [3.63, 3.8) is 0 Å². The molecule has 0 spiro atoms. The minimum absolute atomic E-state index is 0.0604. The Balaban J connectivity index is 1.82. The Kier molecular flexibility index (Phi) is 4.99. The van der Waals surface area contributed by atoms with E-state index >= 15 is 0 Å². The molecule has 0 radical (unpaired) electrons. The van der Waals surface area contributed by atoms with Crippen LogP contribution in [0.15, 0.2) is 48.5 Å². The van der Waals surface area contributed by atoms with Crippen molar-refractivity contribution >= 4 is 0 Å². The summed E-state index contributed by atoms with van der Waals surface area (Å²) in [6, 6.07) is 16.8. The second-order valence-electron chi connectivity index (χ2n) is 4.32. The van der Waals surface area contributed by atoms with E-state index in [2.05, 4.69) is 5.32 Å². The molecule has 0 unspecified atom stereocenters. The van der Waals surface area contributed by atoms with Crippen molar-refractivity contribution in [2.45, 2.75) is 13.1 Å². The van der Waals surface area contributed by atoms with Crippen molar-refractivity contribution in [3.05, 3.63) is 59.7 Å². The molecule has 20 heavy (non-hydrogen) atoms. The summed E-state index contributed by atoms with van der Waals surface area (Å²) in [7, 11) is 0. The largest absolute Gasteiger partial charge is 0.508 e. The molecule has 0 aliphatic rings. The summed E-state index contributed by atoms with van der Waals surface area (Å²) in [6.07, 6.45) is 0. The third-order valence-corrected chi connectivity index (χ3v) is 2.86. The van der Waals surface area contributed by atoms with Crippen molar-refractivity contribution in [2.75, 3.05) is 6.61 Å². The number of hydrogen-bond donors (Lipinski definition) is 2. The van der Waals surface area contributed by atoms with Gasteiger partial charge in [0.1, 0.15) is 17.6 Å². The molecule has 0 heterocycles. The topological polar surface area (TPSA) is 65.3 Å². The molecule has 2 aromatic carbocycles. The number of phenolic OH excluding ortho intramolecular Hbond substituents is 1. The van der Waals surface area contributed by atoms with Crippen LogP contribution < -0.4 is 10.1 Å². The Bertz CT molecular complexity index is 588. The molecule has 0 bridgehead atoms. The first kappa shape index (κ1) is 13.9. The van der Waals surface area contributed by atoms with Crippen LogP contribution in [-0.2, 0) is 13.1 Å². The summed E-state index contributed by atoms with van der Waals surface area (Å²) in [5.41, 5.74) is 1.99. The molecule has 0 fully saturated rings. The van der Waals surface area contributed by atoms with Gasteiger partial charge in [-0.05, 0) is 23.8 Å². The Morgan fingerprint density at radius 1 is 1.05 bits per heavy atom. The molecule has 2 aromatic rings. The second-order valence-corrected chi connectivity index (χ2v) is 4.32. The van der Waals surface area contributed by atoms with Crippen molar-refractivity contribution in [2.24, 2.45) is 0 Å². The van der Waals surface area contributed by atoms with Crippen LogP contribution in [0, 0.1) is 11.3 Å². The zero-order valence-corrected chi connectivity index (χ0v) is 11.0. The number of nitrogens with zero attached hydrogens (tertiary/aromatic N) is 1. The van der Waals surface area contributed by atoms with Crippen LogP contribution in [0.3, 0.4) is 0 Å². The van der Waals surface area contributed by atoms with Gasteiger partial charge in [0.05, 0.1) is 0 Å². The van der Waals surface area contributed by atoms with Gasteiger partial charge in [0.2, 0.25) is 0 Å². The van der Waals surface area contributed by atoms with Gasteiger partial charge in [-0.2, -0.15) is 5.26 Å². The van der Waals surface area contributed by atoms with E-state index in [1.54, 1.807) is 12.1 Å². The molecular weight excluding hydrogens is 252 g/mol. The van der Waals surface area contributed by atoms with Crippen LogP contribution in [0.1, 0.15) is 11.1 Å². The zero-order chi connectivity index (χ0) is 14.2. The van der Waals surface area contributed by atoms with Gasteiger partial charge in [0.25, 0.3) is 0 Å². The minimum Gasteiger partial charge on any atom is -0.508 e. The SMILES string of the molecule is N#CCOc1ccc(CNCc2ccccc2O)cc1. The van der Waals surface area contributed by atoms with E-state index in [0.29, 0.717) is 24.6 Å². The van der Waals surface area contributed by atoms with Gasteiger partial charge < -0.3 is 15.2 Å². The van der Waals surface area contributed by atoms with Gasteiger partial charge in [-0.1, -0.05) is 30.3 Å².